The summed E-state index contributed by atoms with van der Waals surface area (Å²) >= 11 is 6.04. The SMILES string of the molecule is C[C@H]1CNc2ccc(C(F)(F)F)c(Cl)c2C(c2ncccc2F)=N1. The van der Waals surface area contributed by atoms with Gasteiger partial charge in [-0.3, -0.25) is 9.98 Å². The van der Waals surface area contributed by atoms with Crippen LogP contribution in [0.25, 0.3) is 0 Å². The third-order valence-electron chi connectivity index (χ3n) is 3.60. The standard InChI is InChI=1S/C16H12ClF4N3/c1-8-7-23-11-5-4-9(16(19,20)21)13(17)12(11)15(24-8)14-10(18)3-2-6-22-14/h2-6,8,23H,7H2,1H3/t8-/m0/s1. The molecule has 0 unspecified atom stereocenters. The minimum atomic E-state index is -4.63. The number of hydrogen-bond donors (Lipinski definition) is 1. The lowest BCUT2D eigenvalue weighted by Crippen LogP contribution is -2.14. The fourth-order valence-corrected chi connectivity index (χ4v) is 2.86. The highest BCUT2D eigenvalue weighted by Gasteiger charge is 2.36. The Labute approximate surface area is 140 Å². The molecule has 126 valence electrons. The zero-order valence-corrected chi connectivity index (χ0v) is 13.2. The Kier molecular flexibility index (Phi) is 4.21. The van der Waals surface area contributed by atoms with Crippen molar-refractivity contribution in [1.29, 1.82) is 0 Å². The number of pyridine rings is 1. The van der Waals surface area contributed by atoms with Gasteiger partial charge < -0.3 is 5.32 Å². The molecule has 2 heterocycles. The predicted octanol–water partition coefficient (Wildman–Crippen LogP) is 4.54. The van der Waals surface area contributed by atoms with Crippen LogP contribution in [-0.2, 0) is 6.18 Å². The molecule has 1 atom stereocenters. The third-order valence-corrected chi connectivity index (χ3v) is 4.00. The van der Waals surface area contributed by atoms with E-state index < -0.39 is 22.6 Å². The number of aliphatic imine (C=N–C) groups is 1. The molecule has 1 aromatic heterocycles. The predicted molar refractivity (Wildman–Crippen MR) is 84.2 cm³/mol. The zero-order chi connectivity index (χ0) is 17.5. The normalized spacial score (nSPS) is 17.6. The van der Waals surface area contributed by atoms with Crippen LogP contribution < -0.4 is 5.32 Å². The summed E-state index contributed by atoms with van der Waals surface area (Å²) < 4.78 is 53.7. The number of halogens is 5. The van der Waals surface area contributed by atoms with E-state index in [9.17, 15) is 17.6 Å². The molecular weight excluding hydrogens is 346 g/mol. The van der Waals surface area contributed by atoms with Crippen LogP contribution in [0.5, 0.6) is 0 Å². The van der Waals surface area contributed by atoms with Crippen LogP contribution in [0.3, 0.4) is 0 Å². The van der Waals surface area contributed by atoms with E-state index in [-0.39, 0.29) is 23.0 Å². The Morgan fingerprint density at radius 2 is 2.00 bits per heavy atom. The Balaban J connectivity index is 2.30. The van der Waals surface area contributed by atoms with Gasteiger partial charge in [-0.1, -0.05) is 11.6 Å². The number of benzodiazepines with no additional fused rings is 1. The maximum atomic E-state index is 14.2. The second kappa shape index (κ2) is 6.05. The van der Waals surface area contributed by atoms with Gasteiger partial charge in [0.05, 0.1) is 22.3 Å². The average Bonchev–Trinajstić information content (AvgIpc) is 2.67. The van der Waals surface area contributed by atoms with Crippen molar-refractivity contribution >= 4 is 23.0 Å². The second-order valence-electron chi connectivity index (χ2n) is 5.39. The van der Waals surface area contributed by atoms with Crippen LogP contribution in [0.4, 0.5) is 23.2 Å². The fourth-order valence-electron chi connectivity index (χ4n) is 2.50. The van der Waals surface area contributed by atoms with Gasteiger partial charge in [0.15, 0.2) is 5.82 Å². The van der Waals surface area contributed by atoms with Crippen molar-refractivity contribution in [3.05, 3.63) is 58.1 Å². The van der Waals surface area contributed by atoms with Crippen LogP contribution in [0.2, 0.25) is 5.02 Å². The van der Waals surface area contributed by atoms with Gasteiger partial charge >= 0.3 is 6.18 Å². The number of aromatic nitrogens is 1. The summed E-state index contributed by atoms with van der Waals surface area (Å²) in [7, 11) is 0. The summed E-state index contributed by atoms with van der Waals surface area (Å²) in [5, 5.41) is 2.47. The van der Waals surface area contributed by atoms with Crippen molar-refractivity contribution in [3.63, 3.8) is 0 Å². The van der Waals surface area contributed by atoms with Gasteiger partial charge in [-0.05, 0) is 31.2 Å². The lowest BCUT2D eigenvalue weighted by atomic mass is 10.0. The van der Waals surface area contributed by atoms with Crippen LogP contribution in [0.1, 0.15) is 23.7 Å². The number of fused-ring (bicyclic) bond motifs is 1. The summed E-state index contributed by atoms with van der Waals surface area (Å²) in [6.07, 6.45) is -3.27. The van der Waals surface area contributed by atoms with Crippen molar-refractivity contribution in [2.45, 2.75) is 19.1 Å². The Hall–Kier alpha value is -2.15. The number of nitrogens with one attached hydrogen (secondary N) is 1. The second-order valence-corrected chi connectivity index (χ2v) is 5.77. The molecule has 0 aliphatic carbocycles. The summed E-state index contributed by atoms with van der Waals surface area (Å²) in [6, 6.07) is 4.45. The van der Waals surface area contributed by atoms with Crippen molar-refractivity contribution in [2.75, 3.05) is 11.9 Å². The van der Waals surface area contributed by atoms with Gasteiger partial charge in [0.2, 0.25) is 0 Å². The van der Waals surface area contributed by atoms with Crippen LogP contribution >= 0.6 is 11.6 Å². The minimum Gasteiger partial charge on any atom is -0.382 e. The molecule has 1 aromatic carbocycles. The van der Waals surface area contributed by atoms with Crippen molar-refractivity contribution in [3.8, 4) is 0 Å². The molecule has 0 fully saturated rings. The molecule has 1 aliphatic heterocycles. The molecule has 24 heavy (non-hydrogen) atoms. The molecule has 0 bridgehead atoms. The maximum Gasteiger partial charge on any atom is 0.417 e. The molecule has 2 aromatic rings. The smallest absolute Gasteiger partial charge is 0.382 e. The molecule has 1 aliphatic rings. The average molecular weight is 358 g/mol. The van der Waals surface area contributed by atoms with Gasteiger partial charge in [0.1, 0.15) is 5.69 Å². The largest absolute Gasteiger partial charge is 0.417 e. The van der Waals surface area contributed by atoms with Gasteiger partial charge in [0.25, 0.3) is 0 Å². The van der Waals surface area contributed by atoms with Crippen LogP contribution in [0, 0.1) is 5.82 Å². The molecule has 0 radical (unpaired) electrons. The fraction of sp³-hybridized carbons (Fsp3) is 0.250. The lowest BCUT2D eigenvalue weighted by molar-refractivity contribution is -0.137. The molecule has 0 saturated heterocycles. The molecule has 3 nitrogen and oxygen atoms in total. The molecular formula is C16H12ClF4N3. The van der Waals surface area contributed by atoms with Crippen molar-refractivity contribution < 1.29 is 17.6 Å². The zero-order valence-electron chi connectivity index (χ0n) is 12.5. The van der Waals surface area contributed by atoms with E-state index in [1.807, 2.05) is 0 Å². The number of benzene rings is 1. The van der Waals surface area contributed by atoms with Gasteiger partial charge in [-0.25, -0.2) is 4.39 Å². The topological polar surface area (TPSA) is 37.3 Å². The first-order valence-corrected chi connectivity index (χ1v) is 7.49. The van der Waals surface area contributed by atoms with Crippen LogP contribution in [-0.4, -0.2) is 23.3 Å². The maximum absolute atomic E-state index is 14.2. The number of nitrogens with zero attached hydrogens (tertiary/aromatic N) is 2. The van der Waals surface area contributed by atoms with E-state index in [0.29, 0.717) is 12.2 Å². The molecule has 3 rings (SSSR count). The Morgan fingerprint density at radius 1 is 1.25 bits per heavy atom. The van der Waals surface area contributed by atoms with E-state index >= 15 is 0 Å². The number of alkyl halides is 3. The highest BCUT2D eigenvalue weighted by molar-refractivity contribution is 6.37. The number of rotatable bonds is 1. The first kappa shape index (κ1) is 16.7. The Bertz CT molecular complexity index is 817. The highest BCUT2D eigenvalue weighted by atomic mass is 35.5. The van der Waals surface area contributed by atoms with E-state index in [0.717, 1.165) is 6.07 Å². The minimum absolute atomic E-state index is 0.00782. The van der Waals surface area contributed by atoms with Gasteiger partial charge in [-0.15, -0.1) is 0 Å². The first-order valence-electron chi connectivity index (χ1n) is 7.11. The van der Waals surface area contributed by atoms with Crippen LogP contribution in [0.15, 0.2) is 35.5 Å². The lowest BCUT2D eigenvalue weighted by Gasteiger charge is -2.17. The number of hydrogen-bond acceptors (Lipinski definition) is 3. The van der Waals surface area contributed by atoms with E-state index in [1.54, 1.807) is 6.92 Å². The molecule has 0 saturated carbocycles. The third kappa shape index (κ3) is 2.96. The van der Waals surface area contributed by atoms with E-state index in [4.69, 9.17) is 11.6 Å². The molecule has 1 N–H and O–H groups in total. The van der Waals surface area contributed by atoms with Crippen molar-refractivity contribution in [2.24, 2.45) is 4.99 Å². The molecule has 0 amide bonds. The van der Waals surface area contributed by atoms with E-state index in [2.05, 4.69) is 15.3 Å². The summed E-state index contributed by atoms with van der Waals surface area (Å²) in [6.45, 7) is 2.14. The summed E-state index contributed by atoms with van der Waals surface area (Å²) in [5.74, 6) is -0.676. The quantitative estimate of drug-likeness (QED) is 0.760. The summed E-state index contributed by atoms with van der Waals surface area (Å²) in [4.78, 5) is 8.27. The molecule has 0 spiro atoms. The van der Waals surface area contributed by atoms with Gasteiger partial charge in [0, 0.05) is 24.0 Å². The van der Waals surface area contributed by atoms with Gasteiger partial charge in [-0.2, -0.15) is 13.2 Å². The first-order chi connectivity index (χ1) is 11.3. The Morgan fingerprint density at radius 3 is 2.67 bits per heavy atom. The number of anilines is 1. The van der Waals surface area contributed by atoms with Crippen molar-refractivity contribution in [1.82, 2.24) is 4.98 Å². The molecule has 8 heteroatoms. The van der Waals surface area contributed by atoms with E-state index in [1.165, 1.54) is 24.4 Å². The summed E-state index contributed by atoms with van der Waals surface area (Å²) in [5.41, 5.74) is -0.745. The highest BCUT2D eigenvalue weighted by Crippen LogP contribution is 2.40. The monoisotopic (exact) mass is 357 g/mol.